The van der Waals surface area contributed by atoms with Crippen LogP contribution in [0.1, 0.15) is 56.0 Å². The van der Waals surface area contributed by atoms with Crippen molar-refractivity contribution in [1.82, 2.24) is 9.88 Å². The lowest BCUT2D eigenvalue weighted by molar-refractivity contribution is -0.137. The van der Waals surface area contributed by atoms with Crippen LogP contribution in [-0.4, -0.2) is 22.3 Å². The van der Waals surface area contributed by atoms with Gasteiger partial charge in [0, 0.05) is 12.5 Å². The van der Waals surface area contributed by atoms with E-state index in [1.165, 1.54) is 24.0 Å². The quantitative estimate of drug-likeness (QED) is 0.815. The molecule has 0 unspecified atom stereocenters. The molecule has 22 heavy (non-hydrogen) atoms. The lowest BCUT2D eigenvalue weighted by Gasteiger charge is -2.29. The van der Waals surface area contributed by atoms with E-state index in [-0.39, 0.29) is 12.0 Å². The molecule has 2 aliphatic rings. The Kier molecular flexibility index (Phi) is 3.87. The number of carbonyl (C=O) groups excluding carboxylic acids is 1. The first kappa shape index (κ1) is 14.2. The average molecular weight is 314 g/mol. The molecular weight excluding hydrogens is 292 g/mol. The average Bonchev–Trinajstić information content (AvgIpc) is 3.21. The van der Waals surface area contributed by atoms with Gasteiger partial charge < -0.3 is 4.90 Å². The van der Waals surface area contributed by atoms with Gasteiger partial charge >= 0.3 is 0 Å². The van der Waals surface area contributed by atoms with Gasteiger partial charge in [0.2, 0.25) is 5.91 Å². The molecule has 2 heterocycles. The smallest absolute Gasteiger partial charge is 0.226 e. The van der Waals surface area contributed by atoms with Crippen LogP contribution in [0.4, 0.5) is 0 Å². The largest absolute Gasteiger partial charge is 0.333 e. The van der Waals surface area contributed by atoms with Gasteiger partial charge in [-0.2, -0.15) is 0 Å². The molecule has 0 bridgehead atoms. The van der Waals surface area contributed by atoms with E-state index in [0.29, 0.717) is 5.91 Å². The molecule has 2 fully saturated rings. The zero-order valence-electron chi connectivity index (χ0n) is 12.8. The van der Waals surface area contributed by atoms with Crippen LogP contribution < -0.4 is 0 Å². The summed E-state index contributed by atoms with van der Waals surface area (Å²) < 4.78 is 1.23. The molecule has 3 nitrogen and oxygen atoms in total. The van der Waals surface area contributed by atoms with E-state index in [4.69, 9.17) is 4.98 Å². The van der Waals surface area contributed by atoms with Gasteiger partial charge in [0.15, 0.2) is 0 Å². The Hall–Kier alpha value is -1.42. The summed E-state index contributed by atoms with van der Waals surface area (Å²) in [6, 6.07) is 8.50. The van der Waals surface area contributed by atoms with Crippen molar-refractivity contribution in [3.8, 4) is 0 Å². The first-order valence-corrected chi connectivity index (χ1v) is 9.30. The molecule has 0 spiro atoms. The van der Waals surface area contributed by atoms with E-state index >= 15 is 0 Å². The highest BCUT2D eigenvalue weighted by molar-refractivity contribution is 7.18. The van der Waals surface area contributed by atoms with Gasteiger partial charge in [0.05, 0.1) is 16.3 Å². The van der Waals surface area contributed by atoms with Crippen LogP contribution in [0.25, 0.3) is 10.2 Å². The van der Waals surface area contributed by atoms with E-state index < -0.39 is 0 Å². The summed E-state index contributed by atoms with van der Waals surface area (Å²) in [4.78, 5) is 19.8. The van der Waals surface area contributed by atoms with Crippen molar-refractivity contribution in [3.05, 3.63) is 29.3 Å². The van der Waals surface area contributed by atoms with Crippen molar-refractivity contribution in [2.45, 2.75) is 51.0 Å². The second-order valence-electron chi connectivity index (χ2n) is 6.54. The third-order valence-corrected chi connectivity index (χ3v) is 6.22. The van der Waals surface area contributed by atoms with Gasteiger partial charge in [-0.05, 0) is 37.8 Å². The van der Waals surface area contributed by atoms with Crippen molar-refractivity contribution in [3.63, 3.8) is 0 Å². The van der Waals surface area contributed by atoms with Gasteiger partial charge in [0.25, 0.3) is 0 Å². The summed E-state index contributed by atoms with van der Waals surface area (Å²) in [5.74, 6) is 0.658. The number of amides is 1. The number of benzene rings is 1. The topological polar surface area (TPSA) is 33.2 Å². The summed E-state index contributed by atoms with van der Waals surface area (Å²) in [6.45, 7) is 0.913. The Bertz CT molecular complexity index is 642. The number of carbonyl (C=O) groups is 1. The highest BCUT2D eigenvalue weighted by Gasteiger charge is 2.35. The minimum absolute atomic E-state index is 0.215. The molecule has 1 amide bonds. The number of fused-ring (bicyclic) bond motifs is 1. The first-order valence-electron chi connectivity index (χ1n) is 8.49. The number of nitrogens with zero attached hydrogens (tertiary/aromatic N) is 2. The maximum Gasteiger partial charge on any atom is 0.226 e. The van der Waals surface area contributed by atoms with Crippen LogP contribution in [-0.2, 0) is 4.79 Å². The molecule has 116 valence electrons. The Morgan fingerprint density at radius 3 is 2.73 bits per heavy atom. The molecule has 1 aliphatic heterocycles. The summed E-state index contributed by atoms with van der Waals surface area (Å²) in [5, 5.41) is 1.13. The fourth-order valence-corrected chi connectivity index (χ4v) is 5.02. The highest BCUT2D eigenvalue weighted by Crippen LogP contribution is 2.38. The summed E-state index contributed by atoms with van der Waals surface area (Å²) in [7, 11) is 0. The van der Waals surface area contributed by atoms with Gasteiger partial charge in [0.1, 0.15) is 5.01 Å². The molecule has 4 heteroatoms. The van der Waals surface area contributed by atoms with Gasteiger partial charge in [-0.3, -0.25) is 4.79 Å². The summed E-state index contributed by atoms with van der Waals surface area (Å²) in [6.07, 6.45) is 8.08. The number of likely N-dealkylation sites (tertiary alicyclic amines) is 1. The normalized spacial score (nSPS) is 23.3. The van der Waals surface area contributed by atoms with Crippen molar-refractivity contribution >= 4 is 27.5 Å². The van der Waals surface area contributed by atoms with Crippen molar-refractivity contribution in [2.75, 3.05) is 6.54 Å². The Morgan fingerprint density at radius 1 is 1.09 bits per heavy atom. The molecular formula is C18H22N2OS. The molecule has 1 saturated carbocycles. The standard InChI is InChI=1S/C18H22N2OS/c21-18(13-7-2-1-3-8-13)20-12-6-10-15(20)17-19-14-9-4-5-11-16(14)22-17/h4-5,9,11,13,15H,1-3,6-8,10,12H2/t15-/m0/s1. The van der Waals surface area contributed by atoms with E-state index in [2.05, 4.69) is 23.1 Å². The fourth-order valence-electron chi connectivity index (χ4n) is 3.90. The lowest BCUT2D eigenvalue weighted by Crippen LogP contribution is -2.36. The monoisotopic (exact) mass is 314 g/mol. The predicted octanol–water partition coefficient (Wildman–Crippen LogP) is 4.54. The van der Waals surface area contributed by atoms with Crippen LogP contribution in [0, 0.1) is 5.92 Å². The molecule has 0 radical (unpaired) electrons. The van der Waals surface area contributed by atoms with E-state index in [1.54, 1.807) is 11.3 Å². The minimum Gasteiger partial charge on any atom is -0.333 e. The Balaban J connectivity index is 1.58. The van der Waals surface area contributed by atoms with E-state index in [9.17, 15) is 4.79 Å². The van der Waals surface area contributed by atoms with Crippen molar-refractivity contribution in [2.24, 2.45) is 5.92 Å². The van der Waals surface area contributed by atoms with Crippen LogP contribution in [0.5, 0.6) is 0 Å². The molecule has 4 rings (SSSR count). The molecule has 2 aromatic rings. The predicted molar refractivity (Wildman–Crippen MR) is 89.9 cm³/mol. The Morgan fingerprint density at radius 2 is 1.91 bits per heavy atom. The molecule has 1 saturated heterocycles. The van der Waals surface area contributed by atoms with Crippen molar-refractivity contribution < 1.29 is 4.79 Å². The van der Waals surface area contributed by atoms with Crippen molar-refractivity contribution in [1.29, 1.82) is 0 Å². The minimum atomic E-state index is 0.215. The second kappa shape index (κ2) is 5.99. The summed E-state index contributed by atoms with van der Waals surface area (Å²) in [5.41, 5.74) is 1.07. The molecule has 0 N–H and O–H groups in total. The molecule has 1 aromatic carbocycles. The summed E-state index contributed by atoms with van der Waals surface area (Å²) >= 11 is 1.76. The first-order chi connectivity index (χ1) is 10.8. The number of para-hydroxylation sites is 1. The van der Waals surface area contributed by atoms with Crippen LogP contribution in [0.2, 0.25) is 0 Å². The zero-order valence-corrected chi connectivity index (χ0v) is 13.6. The number of hydrogen-bond donors (Lipinski definition) is 0. The third kappa shape index (κ3) is 2.54. The number of aromatic nitrogens is 1. The molecule has 1 aliphatic carbocycles. The number of hydrogen-bond acceptors (Lipinski definition) is 3. The number of rotatable bonds is 2. The van der Waals surface area contributed by atoms with Gasteiger partial charge in [-0.25, -0.2) is 4.98 Å². The Labute approximate surface area is 135 Å². The van der Waals surface area contributed by atoms with Gasteiger partial charge in [-0.15, -0.1) is 11.3 Å². The van der Waals surface area contributed by atoms with E-state index in [0.717, 1.165) is 42.8 Å². The third-order valence-electron chi connectivity index (χ3n) is 5.09. The maximum absolute atomic E-state index is 12.9. The second-order valence-corrected chi connectivity index (χ2v) is 7.61. The van der Waals surface area contributed by atoms with Crippen LogP contribution in [0.15, 0.2) is 24.3 Å². The number of thiazole rings is 1. The van der Waals surface area contributed by atoms with Crippen LogP contribution in [0.3, 0.4) is 0 Å². The van der Waals surface area contributed by atoms with Gasteiger partial charge in [-0.1, -0.05) is 31.4 Å². The highest BCUT2D eigenvalue weighted by atomic mass is 32.1. The fraction of sp³-hybridized carbons (Fsp3) is 0.556. The SMILES string of the molecule is O=C(C1CCCCC1)N1CCC[C@H]1c1nc2ccccc2s1. The molecule has 1 atom stereocenters. The zero-order chi connectivity index (χ0) is 14.9. The van der Waals surface area contributed by atoms with E-state index in [1.807, 2.05) is 6.07 Å². The lowest BCUT2D eigenvalue weighted by atomic mass is 9.88. The molecule has 1 aromatic heterocycles. The van der Waals surface area contributed by atoms with Crippen LogP contribution >= 0.6 is 11.3 Å². The maximum atomic E-state index is 12.9.